The van der Waals surface area contributed by atoms with Crippen molar-refractivity contribution in [3.05, 3.63) is 66.1 Å². The molecule has 1 aromatic heterocycles. The summed E-state index contributed by atoms with van der Waals surface area (Å²) in [6.45, 7) is 3.97. The number of fused-ring (bicyclic) bond motifs is 1. The number of anilines is 1. The molecule has 0 aliphatic carbocycles. The SMILES string of the molecule is CCn1ccc2cc(NC(=O)C3CCCN(C(=O)c4ccc(F)cc4)C3)ccc21. The predicted molar refractivity (Wildman–Crippen MR) is 111 cm³/mol. The van der Waals surface area contributed by atoms with Crippen molar-refractivity contribution in [2.75, 3.05) is 18.4 Å². The molecule has 1 saturated heterocycles. The lowest BCUT2D eigenvalue weighted by Crippen LogP contribution is -2.43. The number of likely N-dealkylation sites (tertiary alicyclic amines) is 1. The number of aromatic nitrogens is 1. The summed E-state index contributed by atoms with van der Waals surface area (Å²) in [5.74, 6) is -0.867. The third kappa shape index (κ3) is 4.01. The van der Waals surface area contributed by atoms with Crippen LogP contribution in [-0.4, -0.2) is 34.4 Å². The van der Waals surface area contributed by atoms with E-state index < -0.39 is 0 Å². The molecule has 1 atom stereocenters. The molecule has 1 unspecified atom stereocenters. The van der Waals surface area contributed by atoms with Crippen molar-refractivity contribution in [3.8, 4) is 0 Å². The smallest absolute Gasteiger partial charge is 0.253 e. The molecule has 2 heterocycles. The summed E-state index contributed by atoms with van der Waals surface area (Å²) < 4.78 is 15.3. The van der Waals surface area contributed by atoms with Crippen LogP contribution in [0.5, 0.6) is 0 Å². The van der Waals surface area contributed by atoms with Gasteiger partial charge in [0.05, 0.1) is 5.92 Å². The van der Waals surface area contributed by atoms with Crippen LogP contribution in [0.2, 0.25) is 0 Å². The molecule has 0 bridgehead atoms. The lowest BCUT2D eigenvalue weighted by Gasteiger charge is -2.32. The number of carbonyl (C=O) groups excluding carboxylic acids is 2. The quantitative estimate of drug-likeness (QED) is 0.719. The van der Waals surface area contributed by atoms with E-state index in [1.54, 1.807) is 4.90 Å². The number of hydrogen-bond donors (Lipinski definition) is 1. The first kappa shape index (κ1) is 19.2. The van der Waals surface area contributed by atoms with Gasteiger partial charge in [0.25, 0.3) is 5.91 Å². The van der Waals surface area contributed by atoms with Crippen LogP contribution < -0.4 is 5.32 Å². The van der Waals surface area contributed by atoms with E-state index in [9.17, 15) is 14.0 Å². The lowest BCUT2D eigenvalue weighted by atomic mass is 9.96. The first-order valence-corrected chi connectivity index (χ1v) is 10.00. The third-order valence-corrected chi connectivity index (χ3v) is 5.55. The van der Waals surface area contributed by atoms with Crippen LogP contribution in [0, 0.1) is 11.7 Å². The van der Waals surface area contributed by atoms with Gasteiger partial charge >= 0.3 is 0 Å². The van der Waals surface area contributed by atoms with Crippen LogP contribution in [0.3, 0.4) is 0 Å². The third-order valence-electron chi connectivity index (χ3n) is 5.55. The zero-order valence-corrected chi connectivity index (χ0v) is 16.4. The Labute approximate surface area is 169 Å². The van der Waals surface area contributed by atoms with Crippen LogP contribution in [0.1, 0.15) is 30.1 Å². The maximum absolute atomic E-state index is 13.1. The average Bonchev–Trinajstić information content (AvgIpc) is 3.16. The van der Waals surface area contributed by atoms with Gasteiger partial charge in [-0.15, -0.1) is 0 Å². The molecule has 0 saturated carbocycles. The molecule has 0 radical (unpaired) electrons. The van der Waals surface area contributed by atoms with E-state index in [0.717, 1.165) is 36.0 Å². The standard InChI is InChI=1S/C23H24FN3O2/c1-2-26-13-11-17-14-20(9-10-21(17)26)25-22(28)18-4-3-12-27(15-18)23(29)16-5-7-19(24)8-6-16/h5-11,13-14,18H,2-4,12,15H2,1H3,(H,25,28). The number of halogens is 1. The van der Waals surface area contributed by atoms with Crippen molar-refractivity contribution >= 4 is 28.4 Å². The molecule has 1 aliphatic heterocycles. The number of amides is 2. The van der Waals surface area contributed by atoms with Crippen LogP contribution >= 0.6 is 0 Å². The zero-order valence-electron chi connectivity index (χ0n) is 16.4. The van der Waals surface area contributed by atoms with Crippen LogP contribution in [0.15, 0.2) is 54.7 Å². The van der Waals surface area contributed by atoms with E-state index in [4.69, 9.17) is 0 Å². The van der Waals surface area contributed by atoms with Crippen molar-refractivity contribution in [2.45, 2.75) is 26.3 Å². The van der Waals surface area contributed by atoms with Gasteiger partial charge in [-0.25, -0.2) is 4.39 Å². The molecule has 1 aliphatic rings. The molecule has 4 rings (SSSR count). The molecule has 0 spiro atoms. The Bertz CT molecular complexity index is 1040. The Morgan fingerprint density at radius 2 is 1.93 bits per heavy atom. The summed E-state index contributed by atoms with van der Waals surface area (Å²) in [4.78, 5) is 27.2. The van der Waals surface area contributed by atoms with Gasteiger partial charge in [0.1, 0.15) is 5.82 Å². The Kier molecular flexibility index (Phi) is 5.34. The highest BCUT2D eigenvalue weighted by Gasteiger charge is 2.29. The van der Waals surface area contributed by atoms with Gasteiger partial charge in [-0.2, -0.15) is 0 Å². The number of hydrogen-bond acceptors (Lipinski definition) is 2. The van der Waals surface area contributed by atoms with Crippen LogP contribution in [0.4, 0.5) is 10.1 Å². The van der Waals surface area contributed by atoms with Gasteiger partial charge in [-0.1, -0.05) is 0 Å². The van der Waals surface area contributed by atoms with E-state index in [2.05, 4.69) is 16.8 Å². The average molecular weight is 393 g/mol. The van der Waals surface area contributed by atoms with Gasteiger partial charge in [0, 0.05) is 48.0 Å². The number of aryl methyl sites for hydroxylation is 1. The minimum Gasteiger partial charge on any atom is -0.348 e. The van der Waals surface area contributed by atoms with Crippen molar-refractivity contribution in [3.63, 3.8) is 0 Å². The Morgan fingerprint density at radius 3 is 2.69 bits per heavy atom. The summed E-state index contributed by atoms with van der Waals surface area (Å²) in [7, 11) is 0. The molecule has 1 N–H and O–H groups in total. The molecule has 5 nitrogen and oxygen atoms in total. The molecule has 150 valence electrons. The van der Waals surface area contributed by atoms with Crippen molar-refractivity contribution in [1.29, 1.82) is 0 Å². The Morgan fingerprint density at radius 1 is 1.14 bits per heavy atom. The molecule has 3 aromatic rings. The van der Waals surface area contributed by atoms with E-state index >= 15 is 0 Å². The second-order valence-electron chi connectivity index (χ2n) is 7.46. The zero-order chi connectivity index (χ0) is 20.4. The number of benzene rings is 2. The molecule has 1 fully saturated rings. The first-order valence-electron chi connectivity index (χ1n) is 10.00. The topological polar surface area (TPSA) is 54.3 Å². The maximum Gasteiger partial charge on any atom is 0.253 e. The van der Waals surface area contributed by atoms with Gasteiger partial charge in [-0.05, 0) is 68.3 Å². The monoisotopic (exact) mass is 393 g/mol. The second-order valence-corrected chi connectivity index (χ2v) is 7.46. The molecular formula is C23H24FN3O2. The number of piperidine rings is 1. The summed E-state index contributed by atoms with van der Waals surface area (Å²) in [6.07, 6.45) is 3.55. The number of nitrogens with zero attached hydrogens (tertiary/aromatic N) is 2. The Balaban J connectivity index is 1.43. The van der Waals surface area contributed by atoms with Gasteiger partial charge in [0.15, 0.2) is 0 Å². The van der Waals surface area contributed by atoms with Gasteiger partial charge in [0.2, 0.25) is 5.91 Å². The number of nitrogens with one attached hydrogen (secondary N) is 1. The van der Waals surface area contributed by atoms with Crippen molar-refractivity contribution in [1.82, 2.24) is 9.47 Å². The molecule has 29 heavy (non-hydrogen) atoms. The summed E-state index contributed by atoms with van der Waals surface area (Å²) in [5, 5.41) is 4.09. The van der Waals surface area contributed by atoms with Gasteiger partial charge < -0.3 is 14.8 Å². The normalized spacial score (nSPS) is 16.8. The summed E-state index contributed by atoms with van der Waals surface area (Å²) in [5.41, 5.74) is 2.34. The van der Waals surface area contributed by atoms with Crippen LogP contribution in [0.25, 0.3) is 10.9 Å². The fourth-order valence-corrected chi connectivity index (χ4v) is 3.95. The van der Waals surface area contributed by atoms with Gasteiger partial charge in [-0.3, -0.25) is 9.59 Å². The molecule has 2 aromatic carbocycles. The molecule has 2 amide bonds. The fraction of sp³-hybridized carbons (Fsp3) is 0.304. The maximum atomic E-state index is 13.1. The van der Waals surface area contributed by atoms with E-state index in [-0.39, 0.29) is 23.5 Å². The lowest BCUT2D eigenvalue weighted by molar-refractivity contribution is -0.121. The second kappa shape index (κ2) is 8.07. The largest absolute Gasteiger partial charge is 0.348 e. The summed E-state index contributed by atoms with van der Waals surface area (Å²) in [6, 6.07) is 13.5. The first-order chi connectivity index (χ1) is 14.0. The highest BCUT2D eigenvalue weighted by molar-refractivity contribution is 5.97. The fourth-order valence-electron chi connectivity index (χ4n) is 3.95. The number of rotatable bonds is 4. The summed E-state index contributed by atoms with van der Waals surface area (Å²) >= 11 is 0. The number of carbonyl (C=O) groups is 2. The minimum atomic E-state index is -0.372. The highest BCUT2D eigenvalue weighted by atomic mass is 19.1. The molecule has 6 heteroatoms. The van der Waals surface area contributed by atoms with E-state index in [1.165, 1.54) is 24.3 Å². The van der Waals surface area contributed by atoms with E-state index in [1.807, 2.05) is 30.5 Å². The van der Waals surface area contributed by atoms with Crippen LogP contribution in [-0.2, 0) is 11.3 Å². The molecular weight excluding hydrogens is 369 g/mol. The highest BCUT2D eigenvalue weighted by Crippen LogP contribution is 2.24. The predicted octanol–water partition coefficient (Wildman–Crippen LogP) is 4.29. The van der Waals surface area contributed by atoms with Crippen molar-refractivity contribution in [2.24, 2.45) is 5.92 Å². The Hall–Kier alpha value is -3.15. The van der Waals surface area contributed by atoms with E-state index in [0.29, 0.717) is 18.7 Å². The minimum absolute atomic E-state index is 0.0733. The van der Waals surface area contributed by atoms with Crippen molar-refractivity contribution < 1.29 is 14.0 Å².